The van der Waals surface area contributed by atoms with Gasteiger partial charge in [-0.1, -0.05) is 24.3 Å². The summed E-state index contributed by atoms with van der Waals surface area (Å²) in [6.07, 6.45) is 4.99. The lowest BCUT2D eigenvalue weighted by Crippen LogP contribution is -2.33. The Hall–Kier alpha value is -0.860. The van der Waals surface area contributed by atoms with Crippen LogP contribution in [0.2, 0.25) is 0 Å². The molecule has 0 saturated heterocycles. The maximum atomic E-state index is 10.2. The van der Waals surface area contributed by atoms with Crippen LogP contribution in [0, 0.1) is 0 Å². The Balaban J connectivity index is 2.11. The van der Waals surface area contributed by atoms with Gasteiger partial charge in [-0.25, -0.2) is 0 Å². The predicted molar refractivity (Wildman–Crippen MR) is 61.6 cm³/mol. The summed E-state index contributed by atoms with van der Waals surface area (Å²) in [5.74, 6) is 0. The molecule has 1 aliphatic carbocycles. The third-order valence-electron chi connectivity index (χ3n) is 3.31. The molecule has 0 bridgehead atoms. The summed E-state index contributed by atoms with van der Waals surface area (Å²) in [6.45, 7) is 0.731. The zero-order chi connectivity index (χ0) is 10.7. The highest BCUT2D eigenvalue weighted by Gasteiger charge is 2.35. The standard InChI is InChI=1S/C13H19NO/c14-9-2-5-11-4-1-6-12(10-11)13(15)7-3-8-13/h1,4,6,10,15H,2-3,5,7-9,14H2. The van der Waals surface area contributed by atoms with Gasteiger partial charge < -0.3 is 10.8 Å². The van der Waals surface area contributed by atoms with E-state index in [4.69, 9.17) is 5.73 Å². The van der Waals surface area contributed by atoms with Crippen molar-refractivity contribution < 1.29 is 5.11 Å². The summed E-state index contributed by atoms with van der Waals surface area (Å²) < 4.78 is 0. The van der Waals surface area contributed by atoms with Crippen LogP contribution in [0.4, 0.5) is 0 Å². The van der Waals surface area contributed by atoms with Crippen molar-refractivity contribution in [2.24, 2.45) is 5.73 Å². The molecule has 1 aliphatic rings. The number of hydrogen-bond acceptors (Lipinski definition) is 2. The Morgan fingerprint density at radius 2 is 2.13 bits per heavy atom. The second kappa shape index (κ2) is 4.33. The molecular weight excluding hydrogens is 186 g/mol. The lowest BCUT2D eigenvalue weighted by Gasteiger charge is -2.37. The molecule has 0 aromatic heterocycles. The number of benzene rings is 1. The summed E-state index contributed by atoms with van der Waals surface area (Å²) in [5, 5.41) is 10.2. The summed E-state index contributed by atoms with van der Waals surface area (Å²) in [7, 11) is 0. The van der Waals surface area contributed by atoms with Crippen molar-refractivity contribution in [1.82, 2.24) is 0 Å². The van der Waals surface area contributed by atoms with Crippen molar-refractivity contribution in [2.45, 2.75) is 37.7 Å². The number of rotatable bonds is 4. The number of nitrogens with two attached hydrogens (primary N) is 1. The molecule has 0 spiro atoms. The molecule has 0 radical (unpaired) electrons. The van der Waals surface area contributed by atoms with Crippen LogP contribution < -0.4 is 5.73 Å². The van der Waals surface area contributed by atoms with E-state index in [9.17, 15) is 5.11 Å². The van der Waals surface area contributed by atoms with Crippen molar-refractivity contribution in [3.63, 3.8) is 0 Å². The van der Waals surface area contributed by atoms with Gasteiger partial charge in [0.15, 0.2) is 0 Å². The van der Waals surface area contributed by atoms with E-state index in [1.807, 2.05) is 12.1 Å². The molecule has 2 nitrogen and oxygen atoms in total. The van der Waals surface area contributed by atoms with E-state index in [1.165, 1.54) is 5.56 Å². The third-order valence-corrected chi connectivity index (χ3v) is 3.31. The van der Waals surface area contributed by atoms with E-state index >= 15 is 0 Å². The summed E-state index contributed by atoms with van der Waals surface area (Å²) in [6, 6.07) is 8.32. The number of hydrogen-bond donors (Lipinski definition) is 2. The molecule has 0 heterocycles. The SMILES string of the molecule is NCCCc1cccc(C2(O)CCC2)c1. The number of aryl methyl sites for hydroxylation is 1. The maximum Gasteiger partial charge on any atom is 0.0896 e. The molecule has 1 aromatic carbocycles. The predicted octanol–water partition coefficient (Wildman–Crippen LogP) is 1.95. The van der Waals surface area contributed by atoms with Gasteiger partial charge >= 0.3 is 0 Å². The molecule has 0 amide bonds. The topological polar surface area (TPSA) is 46.2 Å². The molecule has 2 heteroatoms. The Morgan fingerprint density at radius 3 is 2.73 bits per heavy atom. The highest BCUT2D eigenvalue weighted by atomic mass is 16.3. The highest BCUT2D eigenvalue weighted by Crippen LogP contribution is 2.41. The summed E-state index contributed by atoms with van der Waals surface area (Å²) in [5.41, 5.74) is 7.34. The van der Waals surface area contributed by atoms with Crippen LogP contribution >= 0.6 is 0 Å². The fraction of sp³-hybridized carbons (Fsp3) is 0.538. The smallest absolute Gasteiger partial charge is 0.0896 e. The van der Waals surface area contributed by atoms with Crippen LogP contribution in [0.1, 0.15) is 36.8 Å². The van der Waals surface area contributed by atoms with Crippen LogP contribution in [0.15, 0.2) is 24.3 Å². The van der Waals surface area contributed by atoms with Gasteiger partial charge in [-0.3, -0.25) is 0 Å². The van der Waals surface area contributed by atoms with E-state index in [-0.39, 0.29) is 0 Å². The van der Waals surface area contributed by atoms with Gasteiger partial charge in [-0.05, 0) is 49.8 Å². The minimum atomic E-state index is -0.529. The second-order valence-corrected chi connectivity index (χ2v) is 4.48. The summed E-state index contributed by atoms with van der Waals surface area (Å²) in [4.78, 5) is 0. The minimum Gasteiger partial charge on any atom is -0.385 e. The molecule has 0 atom stereocenters. The normalized spacial score (nSPS) is 18.5. The Bertz CT molecular complexity index is 331. The first kappa shape index (κ1) is 10.7. The fourth-order valence-electron chi connectivity index (χ4n) is 2.12. The van der Waals surface area contributed by atoms with E-state index in [2.05, 4.69) is 12.1 Å². The Kier molecular flexibility index (Phi) is 3.08. The van der Waals surface area contributed by atoms with Gasteiger partial charge in [-0.15, -0.1) is 0 Å². The molecule has 2 rings (SSSR count). The highest BCUT2D eigenvalue weighted by molar-refractivity contribution is 5.29. The maximum absolute atomic E-state index is 10.2. The fourth-order valence-corrected chi connectivity index (χ4v) is 2.12. The molecule has 15 heavy (non-hydrogen) atoms. The van der Waals surface area contributed by atoms with Crippen molar-refractivity contribution in [3.05, 3.63) is 35.4 Å². The third kappa shape index (κ3) is 2.21. The molecule has 0 aliphatic heterocycles. The van der Waals surface area contributed by atoms with E-state index in [1.54, 1.807) is 0 Å². The van der Waals surface area contributed by atoms with Crippen LogP contribution in [0.3, 0.4) is 0 Å². The van der Waals surface area contributed by atoms with Gasteiger partial charge in [0.25, 0.3) is 0 Å². The second-order valence-electron chi connectivity index (χ2n) is 4.48. The lowest BCUT2D eigenvalue weighted by atomic mass is 9.75. The molecule has 1 saturated carbocycles. The molecular formula is C13H19NO. The average Bonchev–Trinajstić information content (AvgIpc) is 2.23. The lowest BCUT2D eigenvalue weighted by molar-refractivity contribution is -0.0388. The van der Waals surface area contributed by atoms with E-state index in [0.717, 1.165) is 44.2 Å². The van der Waals surface area contributed by atoms with Gasteiger partial charge in [0.2, 0.25) is 0 Å². The van der Waals surface area contributed by atoms with E-state index < -0.39 is 5.60 Å². The van der Waals surface area contributed by atoms with Crippen molar-refractivity contribution in [2.75, 3.05) is 6.54 Å². The molecule has 0 unspecified atom stereocenters. The molecule has 1 aromatic rings. The summed E-state index contributed by atoms with van der Waals surface area (Å²) >= 11 is 0. The molecule has 3 N–H and O–H groups in total. The Labute approximate surface area is 91.1 Å². The quantitative estimate of drug-likeness (QED) is 0.789. The largest absolute Gasteiger partial charge is 0.385 e. The van der Waals surface area contributed by atoms with Crippen LogP contribution in [0.25, 0.3) is 0 Å². The average molecular weight is 205 g/mol. The first-order valence-electron chi connectivity index (χ1n) is 5.76. The monoisotopic (exact) mass is 205 g/mol. The Morgan fingerprint density at radius 1 is 1.33 bits per heavy atom. The van der Waals surface area contributed by atoms with Gasteiger partial charge in [-0.2, -0.15) is 0 Å². The zero-order valence-corrected chi connectivity index (χ0v) is 9.08. The van der Waals surface area contributed by atoms with Gasteiger partial charge in [0.1, 0.15) is 0 Å². The van der Waals surface area contributed by atoms with Crippen molar-refractivity contribution >= 4 is 0 Å². The first-order valence-corrected chi connectivity index (χ1v) is 5.76. The van der Waals surface area contributed by atoms with E-state index in [0.29, 0.717) is 0 Å². The van der Waals surface area contributed by atoms with Crippen LogP contribution in [-0.4, -0.2) is 11.7 Å². The first-order chi connectivity index (χ1) is 7.24. The number of aliphatic hydroxyl groups is 1. The van der Waals surface area contributed by atoms with Gasteiger partial charge in [0, 0.05) is 0 Å². The van der Waals surface area contributed by atoms with Crippen molar-refractivity contribution in [3.8, 4) is 0 Å². The molecule has 1 fully saturated rings. The van der Waals surface area contributed by atoms with Gasteiger partial charge in [0.05, 0.1) is 5.60 Å². The minimum absolute atomic E-state index is 0.529. The van der Waals surface area contributed by atoms with Crippen LogP contribution in [-0.2, 0) is 12.0 Å². The van der Waals surface area contributed by atoms with Crippen molar-refractivity contribution in [1.29, 1.82) is 0 Å². The molecule has 82 valence electrons. The zero-order valence-electron chi connectivity index (χ0n) is 9.08. The van der Waals surface area contributed by atoms with Crippen LogP contribution in [0.5, 0.6) is 0 Å².